The standard InChI is InChI=1S/C40H50F5N5O9S/c1-22-10-6-7-11-24-18-39(24,35(53)48-60(56,57)38(5)14-15-38)47-32(51)28-17-25(59-33-27-13-9-8-12-26(27)29(19-46-33)58-21-30(41)42)20-49(28)34(52)31(23(2)16-22)50(36(54)55)37(3,4)40(43,44)45/h7-9,11-13,19,22-25,28,30-31H,6,10,14-18,20-21H2,1-5H3,(H,47,51)(H,48,53)(H,54,55)/t22-,23-,24-,25-,28+,31+,39-/m1/s1. The van der Waals surface area contributed by atoms with Crippen molar-refractivity contribution < 1.29 is 64.1 Å². The van der Waals surface area contributed by atoms with E-state index in [1.165, 1.54) is 13.8 Å². The highest BCUT2D eigenvalue weighted by atomic mass is 32.2. The van der Waals surface area contributed by atoms with E-state index in [1.807, 2.05) is 6.92 Å². The summed E-state index contributed by atoms with van der Waals surface area (Å²) in [4.78, 5) is 61.7. The molecule has 1 aromatic heterocycles. The number of rotatable bonds is 10. The van der Waals surface area contributed by atoms with Gasteiger partial charge in [-0.15, -0.1) is 0 Å². The molecule has 3 N–H and O–H groups in total. The molecule has 2 aliphatic heterocycles. The Morgan fingerprint density at radius 3 is 2.40 bits per heavy atom. The van der Waals surface area contributed by atoms with E-state index >= 15 is 0 Å². The largest absolute Gasteiger partial charge is 0.485 e. The van der Waals surface area contributed by atoms with Gasteiger partial charge in [-0.05, 0) is 77.2 Å². The minimum Gasteiger partial charge on any atom is -0.485 e. The summed E-state index contributed by atoms with van der Waals surface area (Å²) in [5.41, 5.74) is -4.85. The van der Waals surface area contributed by atoms with Crippen molar-refractivity contribution in [3.8, 4) is 11.6 Å². The van der Waals surface area contributed by atoms with Gasteiger partial charge in [0.05, 0.1) is 17.5 Å². The highest BCUT2D eigenvalue weighted by molar-refractivity contribution is 7.91. The molecule has 4 aliphatic rings. The molecule has 4 amide bonds. The van der Waals surface area contributed by atoms with E-state index in [4.69, 9.17) is 9.47 Å². The minimum absolute atomic E-state index is 0.00552. The molecule has 330 valence electrons. The summed E-state index contributed by atoms with van der Waals surface area (Å²) in [6, 6.07) is 2.87. The Morgan fingerprint density at radius 2 is 1.78 bits per heavy atom. The predicted octanol–water partition coefficient (Wildman–Crippen LogP) is 5.80. The average molecular weight is 872 g/mol. The summed E-state index contributed by atoms with van der Waals surface area (Å²) >= 11 is 0. The molecule has 7 atom stereocenters. The molecule has 2 aromatic rings. The molecule has 6 rings (SSSR count). The lowest BCUT2D eigenvalue weighted by Crippen LogP contribution is -2.66. The van der Waals surface area contributed by atoms with Gasteiger partial charge in [0.2, 0.25) is 27.7 Å². The van der Waals surface area contributed by atoms with Crippen LogP contribution in [0.3, 0.4) is 0 Å². The van der Waals surface area contributed by atoms with E-state index in [1.54, 1.807) is 36.4 Å². The zero-order chi connectivity index (χ0) is 44.2. The molecule has 0 spiro atoms. The van der Waals surface area contributed by atoms with E-state index < -0.39 is 105 Å². The SMILES string of the molecule is C[C@@H]1CCC=C[C@@H]2C[C@@]2(C(=O)NS(=O)(=O)C2(C)CC2)NC(=O)[C@@H]2C[C@@H](Oc3ncc(OCC(F)F)c4ccccc34)CN2C(=O)[C@@H](N(C(=O)O)C(C)(C)C(F)(F)F)[C@H](C)C1. The van der Waals surface area contributed by atoms with Crippen LogP contribution in [0.2, 0.25) is 0 Å². The lowest BCUT2D eigenvalue weighted by Gasteiger charge is -2.45. The summed E-state index contributed by atoms with van der Waals surface area (Å²) in [5.74, 6) is -4.97. The number of ether oxygens (including phenoxy) is 2. The number of hydrogen-bond donors (Lipinski definition) is 3. The second-order valence-electron chi connectivity index (χ2n) is 17.3. The summed E-state index contributed by atoms with van der Waals surface area (Å²) < 4.78 is 109. The van der Waals surface area contributed by atoms with Crippen LogP contribution in [0.4, 0.5) is 26.7 Å². The first-order chi connectivity index (χ1) is 27.9. The number of aromatic nitrogens is 1. The molecule has 14 nitrogen and oxygen atoms in total. The number of benzene rings is 1. The monoisotopic (exact) mass is 871 g/mol. The Hall–Kier alpha value is -4.75. The predicted molar refractivity (Wildman–Crippen MR) is 207 cm³/mol. The number of alkyl halides is 5. The average Bonchev–Trinajstić information content (AvgIpc) is 4.04. The minimum atomic E-state index is -5.14. The Labute approximate surface area is 344 Å². The van der Waals surface area contributed by atoms with Crippen LogP contribution in [0.25, 0.3) is 10.8 Å². The van der Waals surface area contributed by atoms with Crippen LogP contribution in [0.5, 0.6) is 11.6 Å². The fourth-order valence-electron chi connectivity index (χ4n) is 8.24. The smallest absolute Gasteiger partial charge is 0.411 e. The van der Waals surface area contributed by atoms with Gasteiger partial charge in [-0.25, -0.2) is 27.0 Å². The van der Waals surface area contributed by atoms with Gasteiger partial charge >= 0.3 is 12.3 Å². The Balaban J connectivity index is 1.42. The molecule has 2 saturated carbocycles. The van der Waals surface area contributed by atoms with Crippen LogP contribution >= 0.6 is 0 Å². The zero-order valence-corrected chi connectivity index (χ0v) is 34.6. The maximum atomic E-state index is 15.0. The number of nitrogens with zero attached hydrogens (tertiary/aromatic N) is 3. The van der Waals surface area contributed by atoms with Crippen LogP contribution < -0.4 is 19.5 Å². The first-order valence-corrected chi connectivity index (χ1v) is 21.3. The Kier molecular flexibility index (Phi) is 12.1. The molecular weight excluding hydrogens is 822 g/mol. The highest BCUT2D eigenvalue weighted by Gasteiger charge is 2.64. The van der Waals surface area contributed by atoms with Crippen LogP contribution in [-0.4, -0.2) is 112 Å². The Bertz CT molecular complexity index is 2150. The van der Waals surface area contributed by atoms with Gasteiger partial charge in [0, 0.05) is 23.1 Å². The van der Waals surface area contributed by atoms with E-state index in [9.17, 15) is 54.7 Å². The van der Waals surface area contributed by atoms with Gasteiger partial charge in [0.1, 0.15) is 41.6 Å². The third-order valence-corrected chi connectivity index (χ3v) is 14.5. The molecule has 3 fully saturated rings. The van der Waals surface area contributed by atoms with Gasteiger partial charge in [-0.1, -0.05) is 44.2 Å². The van der Waals surface area contributed by atoms with Crippen molar-refractivity contribution in [1.82, 2.24) is 24.8 Å². The van der Waals surface area contributed by atoms with Crippen LogP contribution in [0.1, 0.15) is 79.6 Å². The zero-order valence-electron chi connectivity index (χ0n) is 33.8. The molecule has 1 saturated heterocycles. The van der Waals surface area contributed by atoms with Crippen molar-refractivity contribution in [1.29, 1.82) is 0 Å². The van der Waals surface area contributed by atoms with Crippen molar-refractivity contribution in [2.24, 2.45) is 17.8 Å². The van der Waals surface area contributed by atoms with Crippen molar-refractivity contribution in [3.05, 3.63) is 42.6 Å². The first-order valence-electron chi connectivity index (χ1n) is 19.8. The van der Waals surface area contributed by atoms with Crippen LogP contribution in [0.15, 0.2) is 42.6 Å². The van der Waals surface area contributed by atoms with Gasteiger partial charge in [0.25, 0.3) is 12.3 Å². The summed E-state index contributed by atoms with van der Waals surface area (Å²) in [7, 11) is -4.16. The number of nitrogens with one attached hydrogen (secondary N) is 2. The van der Waals surface area contributed by atoms with Gasteiger partial charge < -0.3 is 24.8 Å². The first kappa shape index (κ1) is 44.8. The lowest BCUT2D eigenvalue weighted by atomic mass is 9.85. The summed E-state index contributed by atoms with van der Waals surface area (Å²) in [6.45, 7) is 4.73. The maximum absolute atomic E-state index is 15.0. The van der Waals surface area contributed by atoms with E-state index in [0.717, 1.165) is 11.1 Å². The van der Waals surface area contributed by atoms with Gasteiger partial charge in [0.15, 0.2) is 0 Å². The number of carboxylic acid groups (broad SMARTS) is 1. The topological polar surface area (TPSA) is 185 Å². The number of allylic oxidation sites excluding steroid dienone is 1. The number of pyridine rings is 1. The molecule has 0 unspecified atom stereocenters. The normalized spacial score (nSPS) is 28.5. The molecule has 2 aliphatic carbocycles. The lowest BCUT2D eigenvalue weighted by molar-refractivity contribution is -0.222. The molecule has 20 heteroatoms. The van der Waals surface area contributed by atoms with Crippen molar-refractivity contribution >= 4 is 44.6 Å². The fraction of sp³-hybridized carbons (Fsp3) is 0.625. The third kappa shape index (κ3) is 8.70. The van der Waals surface area contributed by atoms with Crippen LogP contribution in [0, 0.1) is 17.8 Å². The van der Waals surface area contributed by atoms with E-state index in [0.29, 0.717) is 50.3 Å². The summed E-state index contributed by atoms with van der Waals surface area (Å²) in [6.07, 6.45) is -5.05. The van der Waals surface area contributed by atoms with Crippen molar-refractivity contribution in [2.75, 3.05) is 13.2 Å². The fourth-order valence-corrected chi connectivity index (χ4v) is 9.56. The van der Waals surface area contributed by atoms with Gasteiger partial charge in [-0.3, -0.25) is 24.0 Å². The van der Waals surface area contributed by atoms with Crippen molar-refractivity contribution in [2.45, 2.75) is 126 Å². The number of carbonyl (C=O) groups is 4. The van der Waals surface area contributed by atoms with Crippen molar-refractivity contribution in [3.63, 3.8) is 0 Å². The number of hydrogen-bond acceptors (Lipinski definition) is 9. The van der Waals surface area contributed by atoms with Crippen LogP contribution in [-0.2, 0) is 24.4 Å². The molecule has 3 heterocycles. The number of sulfonamides is 1. The van der Waals surface area contributed by atoms with Gasteiger partial charge in [-0.2, -0.15) is 13.2 Å². The molecular formula is C40H50F5N5O9S. The molecule has 0 radical (unpaired) electrons. The quantitative estimate of drug-likeness (QED) is 0.195. The maximum Gasteiger partial charge on any atom is 0.411 e. The number of halogens is 5. The second-order valence-corrected chi connectivity index (χ2v) is 19.5. The number of carbonyl (C=O) groups excluding carboxylic acids is 3. The third-order valence-electron chi connectivity index (χ3n) is 12.4. The second kappa shape index (κ2) is 16.3. The molecule has 60 heavy (non-hydrogen) atoms. The summed E-state index contributed by atoms with van der Waals surface area (Å²) in [5, 5.41) is 13.8. The van der Waals surface area contributed by atoms with E-state index in [2.05, 4.69) is 15.0 Å². The Morgan fingerprint density at radius 1 is 1.12 bits per heavy atom. The van der Waals surface area contributed by atoms with E-state index in [-0.39, 0.29) is 41.7 Å². The number of fused-ring (bicyclic) bond motifs is 3. The highest BCUT2D eigenvalue weighted by Crippen LogP contribution is 2.48. The number of amides is 4. The molecule has 1 aromatic carbocycles. The molecule has 0 bridgehead atoms.